The Morgan fingerprint density at radius 1 is 1.20 bits per heavy atom. The van der Waals surface area contributed by atoms with E-state index in [-0.39, 0.29) is 52.1 Å². The Bertz CT molecular complexity index is 1450. The summed E-state index contributed by atoms with van der Waals surface area (Å²) in [5.41, 5.74) is 5.39. The predicted octanol–water partition coefficient (Wildman–Crippen LogP) is 3.30. The van der Waals surface area contributed by atoms with E-state index in [1.165, 1.54) is 60.5 Å². The summed E-state index contributed by atoms with van der Waals surface area (Å²) < 4.78 is 48.9. The lowest BCUT2D eigenvalue weighted by Crippen LogP contribution is -2.38. The number of ether oxygens (including phenoxy) is 4. The summed E-state index contributed by atoms with van der Waals surface area (Å²) >= 11 is 6.16. The number of nitrogens with one attached hydrogen (secondary N) is 1. The van der Waals surface area contributed by atoms with Crippen LogP contribution >= 0.6 is 11.6 Å². The van der Waals surface area contributed by atoms with E-state index in [9.17, 15) is 23.2 Å². The highest BCUT2D eigenvalue weighted by Crippen LogP contribution is 2.38. The molecule has 2 unspecified atom stereocenters. The third kappa shape index (κ3) is 7.57. The first-order chi connectivity index (χ1) is 19.7. The molecule has 14 heteroatoms. The van der Waals surface area contributed by atoms with Crippen molar-refractivity contribution in [1.82, 2.24) is 9.55 Å². The van der Waals surface area contributed by atoms with Gasteiger partial charge < -0.3 is 30.0 Å². The van der Waals surface area contributed by atoms with Gasteiger partial charge in [0.15, 0.2) is 0 Å². The maximum absolute atomic E-state index is 13.5. The molecule has 218 valence electrons. The molecule has 0 saturated carbocycles. The minimum absolute atomic E-state index is 0.0155. The Kier molecular flexibility index (Phi) is 9.86. The van der Waals surface area contributed by atoms with Crippen LogP contribution in [0.1, 0.15) is 23.0 Å². The van der Waals surface area contributed by atoms with E-state index in [4.69, 9.17) is 36.3 Å². The number of anilines is 1. The molecule has 2 amide bonds. The lowest BCUT2D eigenvalue weighted by atomic mass is 10.0. The van der Waals surface area contributed by atoms with Crippen LogP contribution in [0.5, 0.6) is 11.5 Å². The second kappa shape index (κ2) is 13.5. The number of hydrogen-bond donors (Lipinski definition) is 2. The van der Waals surface area contributed by atoms with Crippen LogP contribution in [0.2, 0.25) is 5.02 Å². The minimum Gasteiger partial charge on any atom is -0.495 e. The van der Waals surface area contributed by atoms with Gasteiger partial charge in [-0.3, -0.25) is 19.0 Å². The molecule has 0 bridgehead atoms. The van der Waals surface area contributed by atoms with Gasteiger partial charge in [-0.1, -0.05) is 11.6 Å². The number of primary amides is 1. The van der Waals surface area contributed by atoms with Crippen LogP contribution in [-0.2, 0) is 14.3 Å². The van der Waals surface area contributed by atoms with E-state index in [1.54, 1.807) is 0 Å². The number of amides is 2. The molecule has 1 aliphatic heterocycles. The number of benzene rings is 1. The Hall–Kier alpha value is -4.07. The van der Waals surface area contributed by atoms with Gasteiger partial charge in [0.1, 0.15) is 29.8 Å². The zero-order valence-electron chi connectivity index (χ0n) is 21.8. The number of hydrogen-bond acceptors (Lipinski definition) is 8. The van der Waals surface area contributed by atoms with Gasteiger partial charge in [-0.25, -0.2) is 13.8 Å². The smallest absolute Gasteiger partial charge is 0.272 e. The van der Waals surface area contributed by atoms with Gasteiger partial charge in [-0.15, -0.1) is 0 Å². The van der Waals surface area contributed by atoms with Gasteiger partial charge in [0.2, 0.25) is 5.91 Å². The molecular weight excluding hydrogens is 566 g/mol. The second-order valence-electron chi connectivity index (χ2n) is 8.95. The standard InChI is InChI=1S/C27H27ClF2N4O7/c1-38-23-12-34(25(35)10-19(23)18-8-15(28)2-5-22(18)41-14-24(29)30)21(9-17-13-39-6-7-40-17)27(37)33-16-3-4-20(26(31)36)32-11-16/h2-5,8,10-12,17,21,24H,6-7,9,13-14H2,1H3,(H2,31,36)(H,33,37). The number of carbonyl (C=O) groups excluding carboxylic acids is 2. The highest BCUT2D eigenvalue weighted by atomic mass is 35.5. The third-order valence-electron chi connectivity index (χ3n) is 6.15. The normalized spacial score (nSPS) is 15.8. The molecule has 1 fully saturated rings. The van der Waals surface area contributed by atoms with Gasteiger partial charge in [0.25, 0.3) is 17.9 Å². The first kappa shape index (κ1) is 29.9. The first-order valence-corrected chi connectivity index (χ1v) is 12.8. The molecule has 41 heavy (non-hydrogen) atoms. The SMILES string of the molecule is COc1cn(C(CC2COCCO2)C(=O)Nc2ccc(C(N)=O)nc2)c(=O)cc1-c1cc(Cl)ccc1OCC(F)F. The van der Waals surface area contributed by atoms with Gasteiger partial charge in [-0.2, -0.15) is 0 Å². The molecule has 3 aromatic rings. The fraction of sp³-hybridized carbons (Fsp3) is 0.333. The van der Waals surface area contributed by atoms with E-state index >= 15 is 0 Å². The zero-order valence-corrected chi connectivity index (χ0v) is 22.6. The molecule has 0 radical (unpaired) electrons. The van der Waals surface area contributed by atoms with E-state index in [0.29, 0.717) is 13.2 Å². The molecule has 2 atom stereocenters. The predicted molar refractivity (Wildman–Crippen MR) is 145 cm³/mol. The average Bonchev–Trinajstić information content (AvgIpc) is 2.96. The van der Waals surface area contributed by atoms with Crippen molar-refractivity contribution in [3.8, 4) is 22.6 Å². The van der Waals surface area contributed by atoms with E-state index in [0.717, 1.165) is 0 Å². The van der Waals surface area contributed by atoms with E-state index in [1.807, 2.05) is 0 Å². The summed E-state index contributed by atoms with van der Waals surface area (Å²) in [4.78, 5) is 42.3. The van der Waals surface area contributed by atoms with Gasteiger partial charge >= 0.3 is 0 Å². The van der Waals surface area contributed by atoms with Crippen LogP contribution in [0.3, 0.4) is 0 Å². The molecule has 4 rings (SSSR count). The Morgan fingerprint density at radius 3 is 2.61 bits per heavy atom. The van der Waals surface area contributed by atoms with Crippen LogP contribution in [0, 0.1) is 0 Å². The summed E-state index contributed by atoms with van der Waals surface area (Å²) in [6.45, 7) is 0.0824. The van der Waals surface area contributed by atoms with Crippen LogP contribution in [0.4, 0.5) is 14.5 Å². The van der Waals surface area contributed by atoms with Crippen LogP contribution in [-0.4, -0.2) is 67.4 Å². The summed E-state index contributed by atoms with van der Waals surface area (Å²) in [6.07, 6.45) is -0.531. The maximum atomic E-state index is 13.5. The number of halogens is 3. The number of carbonyl (C=O) groups is 2. The average molecular weight is 593 g/mol. The monoisotopic (exact) mass is 592 g/mol. The number of nitrogens with two attached hydrogens (primary N) is 1. The summed E-state index contributed by atoms with van der Waals surface area (Å²) in [6, 6.07) is 7.27. The number of aromatic nitrogens is 2. The Balaban J connectivity index is 1.72. The molecule has 0 spiro atoms. The van der Waals surface area contributed by atoms with Crippen molar-refractivity contribution in [2.24, 2.45) is 5.73 Å². The van der Waals surface area contributed by atoms with Crippen LogP contribution < -0.4 is 26.1 Å². The lowest BCUT2D eigenvalue weighted by Gasteiger charge is -2.28. The molecule has 1 aromatic carbocycles. The van der Waals surface area contributed by atoms with Crippen molar-refractivity contribution in [2.45, 2.75) is 25.0 Å². The van der Waals surface area contributed by atoms with Crippen LogP contribution in [0.15, 0.2) is 53.6 Å². The first-order valence-electron chi connectivity index (χ1n) is 12.4. The van der Waals surface area contributed by atoms with Crippen molar-refractivity contribution in [2.75, 3.05) is 38.9 Å². The van der Waals surface area contributed by atoms with Crippen molar-refractivity contribution in [1.29, 1.82) is 0 Å². The number of methoxy groups -OCH3 is 1. The van der Waals surface area contributed by atoms with Crippen molar-refractivity contribution >= 4 is 29.1 Å². The molecule has 0 aliphatic carbocycles. The topological polar surface area (TPSA) is 144 Å². The number of pyridine rings is 2. The van der Waals surface area contributed by atoms with Crippen molar-refractivity contribution < 1.29 is 37.3 Å². The van der Waals surface area contributed by atoms with Crippen molar-refractivity contribution in [3.63, 3.8) is 0 Å². The van der Waals surface area contributed by atoms with Crippen LogP contribution in [0.25, 0.3) is 11.1 Å². The minimum atomic E-state index is -2.72. The van der Waals surface area contributed by atoms with Crippen molar-refractivity contribution in [3.05, 3.63) is 69.9 Å². The van der Waals surface area contributed by atoms with Gasteiger partial charge in [0.05, 0.1) is 51.1 Å². The molecule has 3 N–H and O–H groups in total. The molecule has 1 saturated heterocycles. The molecule has 2 aromatic heterocycles. The third-order valence-corrected chi connectivity index (χ3v) is 6.39. The zero-order chi connectivity index (χ0) is 29.5. The molecule has 3 heterocycles. The maximum Gasteiger partial charge on any atom is 0.272 e. The Morgan fingerprint density at radius 2 is 1.98 bits per heavy atom. The molecule has 1 aliphatic rings. The lowest BCUT2D eigenvalue weighted by molar-refractivity contribution is -0.124. The summed E-state index contributed by atoms with van der Waals surface area (Å²) in [7, 11) is 1.36. The van der Waals surface area contributed by atoms with Gasteiger partial charge in [0, 0.05) is 28.6 Å². The van der Waals surface area contributed by atoms with E-state index in [2.05, 4.69) is 10.3 Å². The summed E-state index contributed by atoms with van der Waals surface area (Å²) in [5, 5.41) is 2.97. The molecular formula is C27H27ClF2N4O7. The fourth-order valence-electron chi connectivity index (χ4n) is 4.24. The number of alkyl halides is 2. The van der Waals surface area contributed by atoms with E-state index < -0.39 is 42.6 Å². The second-order valence-corrected chi connectivity index (χ2v) is 9.38. The number of nitrogens with zero attached hydrogens (tertiary/aromatic N) is 2. The highest BCUT2D eigenvalue weighted by molar-refractivity contribution is 6.31. The quantitative estimate of drug-likeness (QED) is 0.345. The summed E-state index contributed by atoms with van der Waals surface area (Å²) in [5.74, 6) is -1.08. The largest absolute Gasteiger partial charge is 0.495 e. The highest BCUT2D eigenvalue weighted by Gasteiger charge is 2.29. The van der Waals surface area contributed by atoms with Gasteiger partial charge in [-0.05, 0) is 30.3 Å². The fourth-order valence-corrected chi connectivity index (χ4v) is 4.42. The molecule has 11 nitrogen and oxygen atoms in total. The Labute approximate surface area is 238 Å². The number of rotatable bonds is 11.